The molecule has 10 aromatic carbocycles. The molecule has 0 fully saturated rings. The minimum Gasteiger partial charge on any atom is -0.455 e. The van der Waals surface area contributed by atoms with E-state index in [9.17, 15) is 9.60 Å². The SMILES string of the molecule is [2H]c1c([2H])c([2H])c(-c2c([2H])c([2H])c([2H])c3c([2H])c(-c4c([2H])c([2H])c(N(c5ccc6c(c5)oc5c(-c7ccccc7)cccc56)c5ccc(-c6ccccc6)c6ccccc56)c([2H])c4[2H])c([2H])c([2H])c23)c([2H])c1[2H]. The van der Waals surface area contributed by atoms with Gasteiger partial charge in [-0.2, -0.15) is 0 Å². The van der Waals surface area contributed by atoms with Crippen molar-refractivity contribution in [3.63, 3.8) is 0 Å². The third kappa shape index (κ3) is 5.82. The number of benzene rings is 10. The van der Waals surface area contributed by atoms with Gasteiger partial charge < -0.3 is 9.32 Å². The van der Waals surface area contributed by atoms with Gasteiger partial charge in [0.15, 0.2) is 0 Å². The van der Waals surface area contributed by atoms with E-state index in [-0.39, 0.29) is 5.69 Å². The third-order valence-electron chi connectivity index (χ3n) is 10.3. The van der Waals surface area contributed by atoms with Crippen LogP contribution in [0.3, 0.4) is 0 Å². The average Bonchev–Trinajstić information content (AvgIpc) is 3.79. The minimum absolute atomic E-state index is 0.196. The minimum atomic E-state index is -0.806. The van der Waals surface area contributed by atoms with Crippen LogP contribution in [0.15, 0.2) is 229 Å². The lowest BCUT2D eigenvalue weighted by Crippen LogP contribution is -2.10. The average molecular weight is 755 g/mol. The predicted octanol–water partition coefficient (Wildman–Crippen LogP) is 16.0. The summed E-state index contributed by atoms with van der Waals surface area (Å²) in [5, 5.41) is 2.19. The normalized spacial score (nSPS) is 15.1. The summed E-state index contributed by atoms with van der Waals surface area (Å²) in [6.45, 7) is 0. The second-order valence-corrected chi connectivity index (χ2v) is 13.7. The van der Waals surface area contributed by atoms with Gasteiger partial charge in [-0.15, -0.1) is 0 Å². The van der Waals surface area contributed by atoms with E-state index >= 15 is 0 Å². The van der Waals surface area contributed by atoms with Crippen LogP contribution >= 0.6 is 0 Å². The second kappa shape index (κ2) is 14.1. The van der Waals surface area contributed by atoms with Gasteiger partial charge in [0.25, 0.3) is 0 Å². The number of fused-ring (bicyclic) bond motifs is 5. The van der Waals surface area contributed by atoms with E-state index in [1.165, 1.54) is 0 Å². The number of hydrogen-bond donors (Lipinski definition) is 0. The molecular formula is C56H37NO. The summed E-state index contributed by atoms with van der Waals surface area (Å²) in [5.74, 6) is 0. The molecule has 11 aromatic rings. The van der Waals surface area contributed by atoms with Crippen molar-refractivity contribution in [3.05, 3.63) is 224 Å². The van der Waals surface area contributed by atoms with Crippen LogP contribution < -0.4 is 4.90 Å². The Balaban J connectivity index is 1.18. The van der Waals surface area contributed by atoms with Crippen molar-refractivity contribution < 1.29 is 25.0 Å². The number of rotatable bonds is 7. The zero-order chi connectivity index (χ0) is 51.5. The number of furan rings is 1. The zero-order valence-electron chi connectivity index (χ0n) is 45.6. The van der Waals surface area contributed by atoms with Crippen LogP contribution in [0.5, 0.6) is 0 Å². The number of anilines is 3. The smallest absolute Gasteiger partial charge is 0.143 e. The topological polar surface area (TPSA) is 16.4 Å². The van der Waals surface area contributed by atoms with Gasteiger partial charge in [-0.05, 0) is 91.4 Å². The molecule has 1 aromatic heterocycles. The standard InChI is InChI=1S/C56H37NO/c1-4-14-39(15-5-1)46-23-12-20-43-36-42(28-32-48(43)46)38-26-29-44(30-27-38)57(54-35-34-47(40-16-6-2-7-17-40)50-21-10-11-22-51(50)54)45-31-33-52-53-25-13-24-49(41-18-8-3-9-19-41)56(53)58-55(52)37-45/h1-37H/i1D,4D,5D,12D,14D,15D,20D,23D,26D,27D,28D,29D,30D,32D,36D. The Kier molecular flexibility index (Phi) is 5.25. The van der Waals surface area contributed by atoms with Gasteiger partial charge in [0.2, 0.25) is 0 Å². The lowest BCUT2D eigenvalue weighted by Gasteiger charge is -2.27. The molecule has 0 saturated carbocycles. The largest absolute Gasteiger partial charge is 0.455 e. The van der Waals surface area contributed by atoms with Crippen LogP contribution in [-0.2, 0) is 0 Å². The van der Waals surface area contributed by atoms with Gasteiger partial charge in [-0.3, -0.25) is 0 Å². The van der Waals surface area contributed by atoms with Gasteiger partial charge in [0, 0.05) is 39.2 Å². The van der Waals surface area contributed by atoms with Crippen molar-refractivity contribution in [2.75, 3.05) is 4.90 Å². The molecule has 0 radical (unpaired) electrons. The summed E-state index contributed by atoms with van der Waals surface area (Å²) in [5.41, 5.74) is 3.30. The van der Waals surface area contributed by atoms with E-state index in [2.05, 4.69) is 0 Å². The Morgan fingerprint density at radius 3 is 1.88 bits per heavy atom. The Hall–Kier alpha value is -7.68. The first-order valence-corrected chi connectivity index (χ1v) is 18.6. The van der Waals surface area contributed by atoms with Crippen molar-refractivity contribution in [2.24, 2.45) is 0 Å². The number of hydrogen-bond acceptors (Lipinski definition) is 2. The molecule has 0 N–H and O–H groups in total. The Morgan fingerprint density at radius 2 is 1.09 bits per heavy atom. The van der Waals surface area contributed by atoms with Gasteiger partial charge >= 0.3 is 0 Å². The van der Waals surface area contributed by atoms with Crippen LogP contribution in [0.25, 0.3) is 88.0 Å². The molecule has 11 rings (SSSR count). The molecule has 0 atom stereocenters. The van der Waals surface area contributed by atoms with Gasteiger partial charge in [0.05, 0.1) is 26.2 Å². The molecule has 272 valence electrons. The molecule has 0 aliphatic heterocycles. The van der Waals surface area contributed by atoms with Gasteiger partial charge in [-0.25, -0.2) is 0 Å². The Morgan fingerprint density at radius 1 is 0.379 bits per heavy atom. The summed E-state index contributed by atoms with van der Waals surface area (Å²) in [6.07, 6.45) is 0. The van der Waals surface area contributed by atoms with Crippen molar-refractivity contribution in [1.82, 2.24) is 0 Å². The van der Waals surface area contributed by atoms with E-state index < -0.39 is 124 Å². The highest BCUT2D eigenvalue weighted by Crippen LogP contribution is 2.45. The molecule has 2 nitrogen and oxygen atoms in total. The second-order valence-electron chi connectivity index (χ2n) is 13.7. The molecule has 0 aliphatic carbocycles. The first-order chi connectivity index (χ1) is 35.0. The number of nitrogens with zero attached hydrogens (tertiary/aromatic N) is 1. The van der Waals surface area contributed by atoms with Crippen LogP contribution in [-0.4, -0.2) is 0 Å². The maximum absolute atomic E-state index is 9.81. The summed E-state index contributed by atoms with van der Waals surface area (Å²) in [7, 11) is 0. The van der Waals surface area contributed by atoms with Crippen LogP contribution in [0.4, 0.5) is 17.1 Å². The molecule has 1 heterocycles. The van der Waals surface area contributed by atoms with Gasteiger partial charge in [-0.1, -0.05) is 182 Å². The monoisotopic (exact) mass is 754 g/mol. The molecule has 2 heteroatoms. The fourth-order valence-electron chi connectivity index (χ4n) is 7.64. The van der Waals surface area contributed by atoms with Crippen LogP contribution in [0, 0.1) is 0 Å². The van der Waals surface area contributed by atoms with E-state index in [0.29, 0.717) is 27.9 Å². The van der Waals surface area contributed by atoms with E-state index in [1.807, 2.05) is 127 Å². The fraction of sp³-hybridized carbons (Fsp3) is 0. The summed E-state index contributed by atoms with van der Waals surface area (Å²) in [4.78, 5) is 1.63. The summed E-state index contributed by atoms with van der Waals surface area (Å²) in [6, 6.07) is 31.4. The van der Waals surface area contributed by atoms with Crippen LogP contribution in [0.1, 0.15) is 20.6 Å². The Bertz CT molecular complexity index is 4100. The molecule has 0 spiro atoms. The predicted molar refractivity (Wildman–Crippen MR) is 245 cm³/mol. The van der Waals surface area contributed by atoms with Crippen molar-refractivity contribution in [2.45, 2.75) is 0 Å². The number of para-hydroxylation sites is 1. The maximum Gasteiger partial charge on any atom is 0.143 e. The lowest BCUT2D eigenvalue weighted by atomic mass is 9.95. The first kappa shape index (κ1) is 21.6. The zero-order valence-corrected chi connectivity index (χ0v) is 30.6. The highest BCUT2D eigenvalue weighted by atomic mass is 16.3. The van der Waals surface area contributed by atoms with Gasteiger partial charge in [0.1, 0.15) is 11.2 Å². The third-order valence-corrected chi connectivity index (χ3v) is 10.3. The molecule has 0 amide bonds. The highest BCUT2D eigenvalue weighted by Gasteiger charge is 2.20. The molecule has 58 heavy (non-hydrogen) atoms. The maximum atomic E-state index is 9.81. The highest BCUT2D eigenvalue weighted by molar-refractivity contribution is 6.11. The molecule has 0 bridgehead atoms. The van der Waals surface area contributed by atoms with E-state index in [1.54, 1.807) is 11.0 Å². The quantitative estimate of drug-likeness (QED) is 0.161. The van der Waals surface area contributed by atoms with E-state index in [4.69, 9.17) is 15.4 Å². The Labute approximate surface area is 358 Å². The lowest BCUT2D eigenvalue weighted by molar-refractivity contribution is 0.670. The first-order valence-electron chi connectivity index (χ1n) is 26.1. The molecular weight excluding hydrogens is 703 g/mol. The summed E-state index contributed by atoms with van der Waals surface area (Å²) < 4.78 is 143. The van der Waals surface area contributed by atoms with Crippen molar-refractivity contribution in [3.8, 4) is 44.5 Å². The van der Waals surface area contributed by atoms with E-state index in [0.717, 1.165) is 38.4 Å². The van der Waals surface area contributed by atoms with Crippen LogP contribution in [0.2, 0.25) is 0 Å². The molecule has 0 aliphatic rings. The van der Waals surface area contributed by atoms with Crippen molar-refractivity contribution >= 4 is 60.5 Å². The summed E-state index contributed by atoms with van der Waals surface area (Å²) >= 11 is 0. The molecule has 0 saturated heterocycles. The molecule has 0 unspecified atom stereocenters. The van der Waals surface area contributed by atoms with Crippen molar-refractivity contribution in [1.29, 1.82) is 0 Å². The fourth-order valence-corrected chi connectivity index (χ4v) is 7.64.